The quantitative estimate of drug-likeness (QED) is 0.856. The van der Waals surface area contributed by atoms with Crippen LogP contribution in [0.25, 0.3) is 0 Å². The van der Waals surface area contributed by atoms with Gasteiger partial charge < -0.3 is 5.73 Å². The van der Waals surface area contributed by atoms with Crippen molar-refractivity contribution in [3.63, 3.8) is 0 Å². The number of anilines is 1. The summed E-state index contributed by atoms with van der Waals surface area (Å²) in [5.41, 5.74) is 5.24. The van der Waals surface area contributed by atoms with E-state index in [0.29, 0.717) is 17.0 Å². The van der Waals surface area contributed by atoms with Gasteiger partial charge in [-0.25, -0.2) is 4.79 Å². The molecule has 0 bridgehead atoms. The van der Waals surface area contributed by atoms with Crippen molar-refractivity contribution in [2.75, 3.05) is 5.73 Å². The van der Waals surface area contributed by atoms with E-state index in [1.807, 2.05) is 11.8 Å². The molecule has 16 heavy (non-hydrogen) atoms. The van der Waals surface area contributed by atoms with Crippen LogP contribution in [0.3, 0.4) is 0 Å². The van der Waals surface area contributed by atoms with Crippen LogP contribution in [0.2, 0.25) is 0 Å². The zero-order chi connectivity index (χ0) is 11.7. The van der Waals surface area contributed by atoms with Gasteiger partial charge in [0.2, 0.25) is 0 Å². The number of hydrogen-bond donors (Lipinski definition) is 1. The van der Waals surface area contributed by atoms with Crippen molar-refractivity contribution >= 4 is 17.6 Å². The van der Waals surface area contributed by atoms with Crippen LogP contribution in [0.5, 0.6) is 0 Å². The number of nitrogens with zero attached hydrogens (tertiary/aromatic N) is 2. The molecule has 1 saturated heterocycles. The first-order valence-corrected chi connectivity index (χ1v) is 6.56. The molecule has 3 atom stereocenters. The van der Waals surface area contributed by atoms with E-state index in [9.17, 15) is 4.79 Å². The molecule has 4 nitrogen and oxygen atoms in total. The van der Waals surface area contributed by atoms with Crippen molar-refractivity contribution in [1.82, 2.24) is 9.55 Å². The van der Waals surface area contributed by atoms with Crippen LogP contribution in [0.1, 0.15) is 32.1 Å². The summed E-state index contributed by atoms with van der Waals surface area (Å²) in [6.45, 7) is 4.44. The Labute approximate surface area is 99.3 Å². The fraction of sp³-hybridized carbons (Fsp3) is 0.636. The molecule has 5 heteroatoms. The molecule has 0 saturated carbocycles. The van der Waals surface area contributed by atoms with Crippen molar-refractivity contribution in [3.8, 4) is 0 Å². The molecule has 1 unspecified atom stereocenters. The van der Waals surface area contributed by atoms with Crippen molar-refractivity contribution < 1.29 is 0 Å². The molecule has 1 aromatic heterocycles. The van der Waals surface area contributed by atoms with Gasteiger partial charge in [0, 0.05) is 11.4 Å². The Bertz CT molecular complexity index is 431. The molecule has 0 spiro atoms. The van der Waals surface area contributed by atoms with Gasteiger partial charge in [-0.15, -0.1) is 11.8 Å². The Morgan fingerprint density at radius 3 is 3.00 bits per heavy atom. The predicted octanol–water partition coefficient (Wildman–Crippen LogP) is 1.88. The molecule has 1 aromatic rings. The van der Waals surface area contributed by atoms with E-state index in [0.717, 1.165) is 12.8 Å². The van der Waals surface area contributed by atoms with Crippen molar-refractivity contribution in [2.24, 2.45) is 5.92 Å². The summed E-state index contributed by atoms with van der Waals surface area (Å²) in [6.07, 6.45) is 3.95. The molecule has 1 fully saturated rings. The summed E-state index contributed by atoms with van der Waals surface area (Å²) in [4.78, 5) is 15.5. The van der Waals surface area contributed by atoms with Crippen molar-refractivity contribution in [3.05, 3.63) is 22.7 Å². The second kappa shape index (κ2) is 4.49. The lowest BCUT2D eigenvalue weighted by Crippen LogP contribution is -2.25. The van der Waals surface area contributed by atoms with Crippen LogP contribution < -0.4 is 11.4 Å². The highest BCUT2D eigenvalue weighted by Gasteiger charge is 2.32. The van der Waals surface area contributed by atoms with E-state index >= 15 is 0 Å². The van der Waals surface area contributed by atoms with Crippen molar-refractivity contribution in [1.29, 1.82) is 0 Å². The van der Waals surface area contributed by atoms with Gasteiger partial charge in [0.25, 0.3) is 0 Å². The summed E-state index contributed by atoms with van der Waals surface area (Å²) in [5.74, 6) is 0.953. The molecule has 1 aliphatic heterocycles. The largest absolute Gasteiger partial charge is 0.383 e. The summed E-state index contributed by atoms with van der Waals surface area (Å²) in [7, 11) is 0. The van der Waals surface area contributed by atoms with Gasteiger partial charge in [-0.05, 0) is 24.8 Å². The van der Waals surface area contributed by atoms with Gasteiger partial charge in [-0.3, -0.25) is 4.57 Å². The highest BCUT2D eigenvalue weighted by atomic mass is 32.2. The molecule has 88 valence electrons. The normalized spacial score (nSPS) is 29.5. The molecule has 2 heterocycles. The van der Waals surface area contributed by atoms with Gasteiger partial charge >= 0.3 is 5.69 Å². The lowest BCUT2D eigenvalue weighted by Gasteiger charge is -2.12. The predicted molar refractivity (Wildman–Crippen MR) is 67.4 cm³/mol. The summed E-state index contributed by atoms with van der Waals surface area (Å²) in [5, 5.41) is 0.870. The van der Waals surface area contributed by atoms with Gasteiger partial charge in [-0.1, -0.05) is 13.8 Å². The van der Waals surface area contributed by atoms with E-state index in [2.05, 4.69) is 18.8 Å². The third kappa shape index (κ3) is 2.09. The maximum Gasteiger partial charge on any atom is 0.350 e. The smallest absolute Gasteiger partial charge is 0.350 e. The van der Waals surface area contributed by atoms with Gasteiger partial charge in [-0.2, -0.15) is 4.98 Å². The third-order valence-electron chi connectivity index (χ3n) is 3.10. The zero-order valence-corrected chi connectivity index (χ0v) is 10.4. The Kier molecular flexibility index (Phi) is 3.23. The maximum absolute atomic E-state index is 11.7. The lowest BCUT2D eigenvalue weighted by molar-refractivity contribution is 0.481. The summed E-state index contributed by atoms with van der Waals surface area (Å²) in [6, 6.07) is 1.69. The minimum absolute atomic E-state index is 0.223. The molecule has 0 aromatic carbocycles. The fourth-order valence-electron chi connectivity index (χ4n) is 2.18. The number of thioether (sulfide) groups is 1. The number of nitrogen functional groups attached to an aromatic ring is 1. The molecular formula is C11H17N3OS. The molecule has 1 aliphatic rings. The van der Waals surface area contributed by atoms with Crippen LogP contribution in [0, 0.1) is 5.92 Å². The minimum Gasteiger partial charge on any atom is -0.383 e. The second-order valence-electron chi connectivity index (χ2n) is 4.29. The SMILES string of the molecule is CC[C@H]1SC(n2ccc(N)nc2=O)C[C@@H]1C. The van der Waals surface area contributed by atoms with Crippen molar-refractivity contribution in [2.45, 2.75) is 37.3 Å². The van der Waals surface area contributed by atoms with Crippen LogP contribution in [0.15, 0.2) is 17.1 Å². The molecule has 0 amide bonds. The Morgan fingerprint density at radius 1 is 1.69 bits per heavy atom. The fourth-order valence-corrected chi connectivity index (χ4v) is 3.87. The molecule has 2 rings (SSSR count). The number of hydrogen-bond acceptors (Lipinski definition) is 4. The van der Waals surface area contributed by atoms with Gasteiger partial charge in [0.1, 0.15) is 5.82 Å². The van der Waals surface area contributed by atoms with Gasteiger partial charge in [0.05, 0.1) is 5.37 Å². The molecular weight excluding hydrogens is 222 g/mol. The van der Waals surface area contributed by atoms with E-state index < -0.39 is 0 Å². The Morgan fingerprint density at radius 2 is 2.44 bits per heavy atom. The van der Waals surface area contributed by atoms with E-state index in [4.69, 9.17) is 5.73 Å². The Balaban J connectivity index is 2.23. The van der Waals surface area contributed by atoms with E-state index in [1.165, 1.54) is 0 Å². The number of aromatic nitrogens is 2. The average molecular weight is 239 g/mol. The Hall–Kier alpha value is -0.970. The lowest BCUT2D eigenvalue weighted by atomic mass is 10.0. The highest BCUT2D eigenvalue weighted by Crippen LogP contribution is 2.45. The summed E-state index contributed by atoms with van der Waals surface area (Å²) >= 11 is 1.87. The third-order valence-corrected chi connectivity index (χ3v) is 4.99. The minimum atomic E-state index is -0.235. The van der Waals surface area contributed by atoms with Gasteiger partial charge in [0.15, 0.2) is 0 Å². The van der Waals surface area contributed by atoms with Crippen LogP contribution in [0.4, 0.5) is 5.82 Å². The van der Waals surface area contributed by atoms with E-state index in [-0.39, 0.29) is 11.1 Å². The highest BCUT2D eigenvalue weighted by molar-refractivity contribution is 8.00. The maximum atomic E-state index is 11.7. The molecule has 0 aliphatic carbocycles. The first-order chi connectivity index (χ1) is 7.61. The standard InChI is InChI=1S/C11H17N3OS/c1-3-8-7(2)6-10(16-8)14-5-4-9(12)13-11(14)15/h4-5,7-8,10H,3,6H2,1-2H3,(H2,12,13,15)/t7-,8+,10?/m0/s1. The number of nitrogens with two attached hydrogens (primary N) is 1. The first-order valence-electron chi connectivity index (χ1n) is 5.62. The van der Waals surface area contributed by atoms with Crippen LogP contribution in [-0.2, 0) is 0 Å². The molecule has 2 N–H and O–H groups in total. The topological polar surface area (TPSA) is 60.9 Å². The van der Waals surface area contributed by atoms with E-state index in [1.54, 1.807) is 16.8 Å². The zero-order valence-electron chi connectivity index (χ0n) is 9.59. The van der Waals surface area contributed by atoms with Crippen LogP contribution in [-0.4, -0.2) is 14.8 Å². The van der Waals surface area contributed by atoms with Crippen LogP contribution >= 0.6 is 11.8 Å². The number of rotatable bonds is 2. The first kappa shape index (κ1) is 11.5. The second-order valence-corrected chi connectivity index (χ2v) is 5.71. The average Bonchev–Trinajstić information content (AvgIpc) is 2.59. The summed E-state index contributed by atoms with van der Waals surface area (Å²) < 4.78 is 1.70. The molecule has 0 radical (unpaired) electrons. The monoisotopic (exact) mass is 239 g/mol.